The molecule has 7 nitrogen and oxygen atoms in total. The molecule has 0 saturated heterocycles. The van der Waals surface area contributed by atoms with Gasteiger partial charge < -0.3 is 13.9 Å². The van der Waals surface area contributed by atoms with Gasteiger partial charge in [0.15, 0.2) is 0 Å². The molecule has 3 rings (SSSR count). The van der Waals surface area contributed by atoms with Crippen LogP contribution < -0.4 is 14.8 Å². The summed E-state index contributed by atoms with van der Waals surface area (Å²) >= 11 is 0. The lowest BCUT2D eigenvalue weighted by atomic mass is 10.2. The van der Waals surface area contributed by atoms with Crippen molar-refractivity contribution in [1.29, 1.82) is 0 Å². The minimum absolute atomic E-state index is 0.0137. The zero-order chi connectivity index (χ0) is 17.6. The summed E-state index contributed by atoms with van der Waals surface area (Å²) in [4.78, 5) is 12.2. The Morgan fingerprint density at radius 3 is 2.60 bits per heavy atom. The first-order valence-electron chi connectivity index (χ1n) is 7.72. The van der Waals surface area contributed by atoms with Gasteiger partial charge in [0, 0.05) is 5.56 Å². The Hall–Kier alpha value is -3.35. The van der Waals surface area contributed by atoms with Gasteiger partial charge in [0.05, 0.1) is 19.3 Å². The summed E-state index contributed by atoms with van der Waals surface area (Å²) in [5.41, 5.74) is 1.11. The molecule has 1 aromatic heterocycles. The van der Waals surface area contributed by atoms with Crippen LogP contribution in [0, 0.1) is 0 Å². The zero-order valence-electron chi connectivity index (χ0n) is 13.9. The Morgan fingerprint density at radius 2 is 1.88 bits per heavy atom. The van der Waals surface area contributed by atoms with Gasteiger partial charge in [-0.25, -0.2) is 0 Å². The van der Waals surface area contributed by atoms with Gasteiger partial charge in [0.25, 0.3) is 11.8 Å². The maximum atomic E-state index is 12.2. The fraction of sp³-hybridized carbons (Fsp3) is 0.167. The van der Waals surface area contributed by atoms with Crippen LogP contribution >= 0.6 is 0 Å². The van der Waals surface area contributed by atoms with Gasteiger partial charge in [0.1, 0.15) is 11.5 Å². The highest BCUT2D eigenvalue weighted by Gasteiger charge is 2.15. The number of benzene rings is 2. The zero-order valence-corrected chi connectivity index (χ0v) is 13.9. The Bertz CT molecular complexity index is 859. The number of methoxy groups -OCH3 is 1. The quantitative estimate of drug-likeness (QED) is 0.741. The van der Waals surface area contributed by atoms with E-state index in [-0.39, 0.29) is 17.8 Å². The minimum Gasteiger partial charge on any atom is -0.496 e. The average Bonchev–Trinajstić information content (AvgIpc) is 3.11. The van der Waals surface area contributed by atoms with Crippen molar-refractivity contribution < 1.29 is 18.7 Å². The number of anilines is 1. The maximum absolute atomic E-state index is 12.2. The number of ether oxygens (including phenoxy) is 2. The number of carbonyl (C=O) groups is 1. The molecule has 3 aromatic rings. The second kappa shape index (κ2) is 7.48. The number of carbonyl (C=O) groups excluding carboxylic acids is 1. The second-order valence-corrected chi connectivity index (χ2v) is 5.02. The van der Waals surface area contributed by atoms with Crippen LogP contribution in [0.1, 0.15) is 17.3 Å². The van der Waals surface area contributed by atoms with Crippen molar-refractivity contribution in [1.82, 2.24) is 10.2 Å². The van der Waals surface area contributed by atoms with Crippen molar-refractivity contribution in [2.75, 3.05) is 19.0 Å². The number of para-hydroxylation sites is 1. The molecule has 1 heterocycles. The summed E-state index contributed by atoms with van der Waals surface area (Å²) < 4.78 is 16.1. The van der Waals surface area contributed by atoms with Crippen LogP contribution in [0.3, 0.4) is 0 Å². The van der Waals surface area contributed by atoms with E-state index >= 15 is 0 Å². The van der Waals surface area contributed by atoms with Crippen molar-refractivity contribution in [3.05, 3.63) is 54.1 Å². The molecule has 7 heteroatoms. The topological polar surface area (TPSA) is 86.5 Å². The van der Waals surface area contributed by atoms with Crippen LogP contribution in [0.15, 0.2) is 52.9 Å². The van der Waals surface area contributed by atoms with Gasteiger partial charge in [-0.1, -0.05) is 17.2 Å². The Balaban J connectivity index is 1.73. The van der Waals surface area contributed by atoms with Crippen molar-refractivity contribution in [3.8, 4) is 23.0 Å². The third kappa shape index (κ3) is 3.77. The van der Waals surface area contributed by atoms with Crippen LogP contribution in [0.25, 0.3) is 11.5 Å². The number of hydrogen-bond acceptors (Lipinski definition) is 6. The Morgan fingerprint density at radius 1 is 1.12 bits per heavy atom. The molecule has 0 unspecified atom stereocenters. The van der Waals surface area contributed by atoms with Crippen LogP contribution in [-0.4, -0.2) is 29.8 Å². The lowest BCUT2D eigenvalue weighted by Gasteiger charge is -2.04. The second-order valence-electron chi connectivity index (χ2n) is 5.02. The summed E-state index contributed by atoms with van der Waals surface area (Å²) in [5.74, 6) is 1.23. The van der Waals surface area contributed by atoms with Crippen molar-refractivity contribution in [3.63, 3.8) is 0 Å². The Kier molecular flexibility index (Phi) is 4.94. The summed E-state index contributed by atoms with van der Waals surface area (Å²) in [5, 5.41) is 10.4. The first-order valence-corrected chi connectivity index (χ1v) is 7.72. The molecule has 1 N–H and O–H groups in total. The van der Waals surface area contributed by atoms with E-state index in [9.17, 15) is 4.79 Å². The number of nitrogens with one attached hydrogen (secondary N) is 1. The predicted octanol–water partition coefficient (Wildman–Crippen LogP) is 3.40. The molecule has 0 spiro atoms. The van der Waals surface area contributed by atoms with E-state index in [0.29, 0.717) is 29.2 Å². The number of aromatic nitrogens is 2. The molecule has 128 valence electrons. The molecule has 0 radical (unpaired) electrons. The molecule has 0 aliphatic rings. The first kappa shape index (κ1) is 16.5. The van der Waals surface area contributed by atoms with Gasteiger partial charge in [-0.05, 0) is 43.3 Å². The molecule has 0 fully saturated rings. The Labute approximate surface area is 144 Å². The molecule has 1 amide bonds. The van der Waals surface area contributed by atoms with Gasteiger partial charge in [0.2, 0.25) is 0 Å². The molecule has 0 bridgehead atoms. The van der Waals surface area contributed by atoms with E-state index in [1.165, 1.54) is 0 Å². The van der Waals surface area contributed by atoms with Gasteiger partial charge in [-0.3, -0.25) is 10.1 Å². The molecule has 25 heavy (non-hydrogen) atoms. The normalized spacial score (nSPS) is 10.3. The van der Waals surface area contributed by atoms with E-state index in [4.69, 9.17) is 13.9 Å². The third-order valence-electron chi connectivity index (χ3n) is 3.41. The van der Waals surface area contributed by atoms with Crippen LogP contribution in [-0.2, 0) is 0 Å². The largest absolute Gasteiger partial charge is 0.496 e. The lowest BCUT2D eigenvalue weighted by Crippen LogP contribution is -2.12. The molecular weight excluding hydrogens is 322 g/mol. The number of amides is 1. The lowest BCUT2D eigenvalue weighted by molar-refractivity contribution is 0.102. The highest BCUT2D eigenvalue weighted by atomic mass is 16.5. The molecule has 0 aliphatic carbocycles. The fourth-order valence-electron chi connectivity index (χ4n) is 2.24. The average molecular weight is 339 g/mol. The third-order valence-corrected chi connectivity index (χ3v) is 3.41. The van der Waals surface area contributed by atoms with Crippen LogP contribution in [0.2, 0.25) is 0 Å². The van der Waals surface area contributed by atoms with Gasteiger partial charge >= 0.3 is 6.01 Å². The standard InChI is InChI=1S/C18H17N3O4/c1-3-24-13-10-8-12(9-11-13)16(22)19-18-21-20-17(25-18)14-6-4-5-7-15(14)23-2/h4-11H,3H2,1-2H3,(H,19,21,22). The molecule has 0 atom stereocenters. The molecule has 2 aromatic carbocycles. The van der Waals surface area contributed by atoms with Gasteiger partial charge in [-0.2, -0.15) is 0 Å². The van der Waals surface area contributed by atoms with Crippen LogP contribution in [0.5, 0.6) is 11.5 Å². The summed E-state index contributed by atoms with van der Waals surface area (Å²) in [7, 11) is 1.56. The van der Waals surface area contributed by atoms with E-state index in [0.717, 1.165) is 0 Å². The number of hydrogen-bond donors (Lipinski definition) is 1. The van der Waals surface area contributed by atoms with Gasteiger partial charge in [-0.15, -0.1) is 5.10 Å². The smallest absolute Gasteiger partial charge is 0.322 e. The maximum Gasteiger partial charge on any atom is 0.322 e. The molecular formula is C18H17N3O4. The number of rotatable bonds is 6. The summed E-state index contributed by atoms with van der Waals surface area (Å²) in [6.45, 7) is 2.47. The highest BCUT2D eigenvalue weighted by molar-refractivity contribution is 6.03. The molecule has 0 saturated carbocycles. The predicted molar refractivity (Wildman–Crippen MR) is 91.9 cm³/mol. The SMILES string of the molecule is CCOc1ccc(C(=O)Nc2nnc(-c3ccccc3OC)o2)cc1. The van der Waals surface area contributed by atoms with Crippen molar-refractivity contribution >= 4 is 11.9 Å². The summed E-state index contributed by atoms with van der Waals surface area (Å²) in [6, 6.07) is 14.1. The number of nitrogens with zero attached hydrogens (tertiary/aromatic N) is 2. The van der Waals surface area contributed by atoms with E-state index in [1.54, 1.807) is 43.5 Å². The fourth-order valence-corrected chi connectivity index (χ4v) is 2.24. The van der Waals surface area contributed by atoms with E-state index < -0.39 is 0 Å². The monoisotopic (exact) mass is 339 g/mol. The van der Waals surface area contributed by atoms with E-state index in [2.05, 4.69) is 15.5 Å². The first-order chi connectivity index (χ1) is 12.2. The molecule has 0 aliphatic heterocycles. The highest BCUT2D eigenvalue weighted by Crippen LogP contribution is 2.29. The van der Waals surface area contributed by atoms with E-state index in [1.807, 2.05) is 19.1 Å². The minimum atomic E-state index is -0.349. The van der Waals surface area contributed by atoms with Crippen LogP contribution in [0.4, 0.5) is 6.01 Å². The van der Waals surface area contributed by atoms with Crippen molar-refractivity contribution in [2.24, 2.45) is 0 Å². The summed E-state index contributed by atoms with van der Waals surface area (Å²) in [6.07, 6.45) is 0. The van der Waals surface area contributed by atoms with Crippen molar-refractivity contribution in [2.45, 2.75) is 6.92 Å².